The first-order valence-electron chi connectivity index (χ1n) is 3.25. The molecule has 1 aromatic carbocycles. The summed E-state index contributed by atoms with van der Waals surface area (Å²) >= 11 is 0.625. The van der Waals surface area contributed by atoms with Crippen LogP contribution in [0.4, 0.5) is 0 Å². The van der Waals surface area contributed by atoms with Gasteiger partial charge in [-0.05, 0) is 0 Å². The SMILES string of the molecule is [CH3][Al+][CH2]c1ccccc1.[H-]. The predicted molar refractivity (Wildman–Crippen MR) is 42.9 cm³/mol. The average molecular weight is 134 g/mol. The normalized spacial score (nSPS) is 8.56. The van der Waals surface area contributed by atoms with Gasteiger partial charge >= 0.3 is 62.2 Å². The first-order chi connectivity index (χ1) is 4.43. The van der Waals surface area contributed by atoms with Gasteiger partial charge in [-0.15, -0.1) is 0 Å². The van der Waals surface area contributed by atoms with Crippen molar-refractivity contribution >= 4 is 15.2 Å². The second-order valence-electron chi connectivity index (χ2n) is 2.10. The summed E-state index contributed by atoms with van der Waals surface area (Å²) in [6.45, 7) is 0. The van der Waals surface area contributed by atoms with Crippen molar-refractivity contribution in [3.8, 4) is 0 Å². The fourth-order valence-electron chi connectivity index (χ4n) is 0.850. The van der Waals surface area contributed by atoms with E-state index in [0.29, 0.717) is 15.2 Å². The first kappa shape index (κ1) is 6.87. The quantitative estimate of drug-likeness (QED) is 0.543. The number of benzene rings is 1. The number of rotatable bonds is 2. The number of hydrogen-bond donors (Lipinski definition) is 0. The molecule has 0 nitrogen and oxygen atoms in total. The Hall–Kier alpha value is -0.248. The van der Waals surface area contributed by atoms with E-state index in [4.69, 9.17) is 0 Å². The molecular weight excluding hydrogens is 123 g/mol. The third kappa shape index (κ3) is 2.22. The molecule has 46 valence electrons. The molecule has 0 aromatic heterocycles. The van der Waals surface area contributed by atoms with Crippen LogP contribution >= 0.6 is 0 Å². The van der Waals surface area contributed by atoms with Crippen molar-refractivity contribution in [3.63, 3.8) is 0 Å². The van der Waals surface area contributed by atoms with Crippen molar-refractivity contribution in [1.82, 2.24) is 0 Å². The zero-order valence-corrected chi connectivity index (χ0v) is 6.83. The Balaban J connectivity index is 0.000000810. The van der Waals surface area contributed by atoms with Gasteiger partial charge in [0.1, 0.15) is 0 Å². The summed E-state index contributed by atoms with van der Waals surface area (Å²) in [6.07, 6.45) is 0. The van der Waals surface area contributed by atoms with Gasteiger partial charge in [-0.25, -0.2) is 0 Å². The van der Waals surface area contributed by atoms with Crippen LogP contribution in [0, 0.1) is 0 Å². The predicted octanol–water partition coefficient (Wildman–Crippen LogP) is 2.05. The minimum Gasteiger partial charge on any atom is -1.00 e. The van der Waals surface area contributed by atoms with Gasteiger partial charge in [-0.2, -0.15) is 0 Å². The molecule has 0 saturated heterocycles. The Morgan fingerprint density at radius 3 is 2.56 bits per heavy atom. The smallest absolute Gasteiger partial charge is 1.00 e. The molecule has 0 saturated carbocycles. The summed E-state index contributed by atoms with van der Waals surface area (Å²) in [7, 11) is 0. The van der Waals surface area contributed by atoms with Gasteiger partial charge in [0.05, 0.1) is 0 Å². The Morgan fingerprint density at radius 1 is 1.33 bits per heavy atom. The largest absolute Gasteiger partial charge is 1.00 e. The van der Waals surface area contributed by atoms with E-state index in [-0.39, 0.29) is 1.43 Å². The van der Waals surface area contributed by atoms with Crippen molar-refractivity contribution in [3.05, 3.63) is 35.9 Å². The summed E-state index contributed by atoms with van der Waals surface area (Å²) in [6, 6.07) is 10.6. The van der Waals surface area contributed by atoms with Crippen LogP contribution in [-0.4, -0.2) is 15.2 Å². The van der Waals surface area contributed by atoms with Gasteiger partial charge in [0.2, 0.25) is 0 Å². The molecule has 0 aliphatic carbocycles. The molecule has 0 bridgehead atoms. The van der Waals surface area contributed by atoms with E-state index in [0.717, 1.165) is 0 Å². The first-order valence-corrected chi connectivity index (χ1v) is 5.22. The van der Waals surface area contributed by atoms with Crippen molar-refractivity contribution in [2.75, 3.05) is 0 Å². The third-order valence-corrected chi connectivity index (χ3v) is 2.16. The van der Waals surface area contributed by atoms with Crippen LogP contribution in [0.2, 0.25) is 5.79 Å². The maximum Gasteiger partial charge on any atom is -1.00 e. The molecular formula is C8H11Al. The van der Waals surface area contributed by atoms with E-state index in [9.17, 15) is 0 Å². The molecule has 0 atom stereocenters. The molecule has 0 fully saturated rings. The minimum atomic E-state index is 0. The van der Waals surface area contributed by atoms with E-state index in [1.165, 1.54) is 10.8 Å². The Morgan fingerprint density at radius 2 is 2.00 bits per heavy atom. The van der Waals surface area contributed by atoms with Crippen molar-refractivity contribution in [2.24, 2.45) is 0 Å². The fraction of sp³-hybridized carbons (Fsp3) is 0.250. The van der Waals surface area contributed by atoms with Crippen molar-refractivity contribution < 1.29 is 1.43 Å². The van der Waals surface area contributed by atoms with Crippen LogP contribution in [0.3, 0.4) is 0 Å². The van der Waals surface area contributed by atoms with Crippen LogP contribution in [0.1, 0.15) is 6.99 Å². The standard InChI is InChI=1S/C7H7.CH3.Al.H/c1-7-5-3-2-4-6-7;;;/h2-6H,1H2;1H3;;/q;;+1;-1. The summed E-state index contributed by atoms with van der Waals surface area (Å²) < 4.78 is 0. The van der Waals surface area contributed by atoms with Crippen LogP contribution in [-0.2, 0) is 5.28 Å². The van der Waals surface area contributed by atoms with E-state index >= 15 is 0 Å². The molecule has 0 heterocycles. The molecule has 1 rings (SSSR count). The zero-order chi connectivity index (χ0) is 6.53. The molecule has 0 amide bonds. The van der Waals surface area contributed by atoms with E-state index in [1.807, 2.05) is 0 Å². The van der Waals surface area contributed by atoms with Gasteiger partial charge in [-0.1, -0.05) is 0 Å². The maximum atomic E-state index is 2.28. The van der Waals surface area contributed by atoms with Gasteiger partial charge < -0.3 is 1.43 Å². The maximum absolute atomic E-state index is 2.28. The van der Waals surface area contributed by atoms with Gasteiger partial charge in [0.15, 0.2) is 0 Å². The van der Waals surface area contributed by atoms with Crippen LogP contribution in [0.5, 0.6) is 0 Å². The fourth-order valence-corrected chi connectivity index (χ4v) is 1.59. The molecule has 0 aliphatic rings. The van der Waals surface area contributed by atoms with E-state index in [1.54, 1.807) is 0 Å². The Kier molecular flexibility index (Phi) is 2.84. The molecule has 1 aromatic rings. The van der Waals surface area contributed by atoms with Crippen molar-refractivity contribution in [1.29, 1.82) is 0 Å². The molecule has 0 spiro atoms. The second kappa shape index (κ2) is 3.72. The minimum absolute atomic E-state index is 0. The van der Waals surface area contributed by atoms with Crippen LogP contribution in [0.15, 0.2) is 30.3 Å². The Labute approximate surface area is 64.1 Å². The van der Waals surface area contributed by atoms with Crippen molar-refractivity contribution in [2.45, 2.75) is 11.1 Å². The molecule has 1 heteroatoms. The monoisotopic (exact) mass is 134 g/mol. The Bertz CT molecular complexity index is 162. The topological polar surface area (TPSA) is 0 Å². The van der Waals surface area contributed by atoms with Crippen LogP contribution < -0.4 is 0 Å². The number of hydrogen-bond acceptors (Lipinski definition) is 0. The summed E-state index contributed by atoms with van der Waals surface area (Å²) in [5, 5.41) is 1.29. The molecule has 0 radical (unpaired) electrons. The molecule has 9 heavy (non-hydrogen) atoms. The van der Waals surface area contributed by atoms with Gasteiger partial charge in [0.25, 0.3) is 0 Å². The average Bonchev–Trinajstić information content (AvgIpc) is 1.91. The van der Waals surface area contributed by atoms with Gasteiger partial charge in [-0.3, -0.25) is 0 Å². The zero-order valence-electron chi connectivity index (χ0n) is 6.67. The molecule has 0 N–H and O–H groups in total. The third-order valence-electron chi connectivity index (χ3n) is 1.28. The summed E-state index contributed by atoms with van der Waals surface area (Å²) in [5.74, 6) is 2.28. The van der Waals surface area contributed by atoms with E-state index in [2.05, 4.69) is 36.1 Å². The van der Waals surface area contributed by atoms with E-state index < -0.39 is 0 Å². The molecule has 0 unspecified atom stereocenters. The van der Waals surface area contributed by atoms with Crippen LogP contribution in [0.25, 0.3) is 0 Å². The van der Waals surface area contributed by atoms with Gasteiger partial charge in [0, 0.05) is 0 Å². The summed E-state index contributed by atoms with van der Waals surface area (Å²) in [5.41, 5.74) is 1.48. The summed E-state index contributed by atoms with van der Waals surface area (Å²) in [4.78, 5) is 0. The molecule has 0 aliphatic heterocycles. The second-order valence-corrected chi connectivity index (χ2v) is 3.32.